The fraction of sp³-hybridized carbons (Fsp3) is 0.391. The molecule has 29 heavy (non-hydrogen) atoms. The van der Waals surface area contributed by atoms with Gasteiger partial charge < -0.3 is 4.90 Å². The average Bonchev–Trinajstić information content (AvgIpc) is 2.71. The van der Waals surface area contributed by atoms with Crippen LogP contribution in [-0.4, -0.2) is 47.8 Å². The van der Waals surface area contributed by atoms with E-state index in [1.54, 1.807) is 4.90 Å². The maximum atomic E-state index is 13.4. The quantitative estimate of drug-likeness (QED) is 0.615. The molecule has 2 fully saturated rings. The minimum Gasteiger partial charge on any atom is -0.336 e. The van der Waals surface area contributed by atoms with Crippen LogP contribution in [0, 0.1) is 0 Å². The smallest absolute Gasteiger partial charge is 0.255 e. The molecule has 3 aromatic rings. The van der Waals surface area contributed by atoms with Crippen molar-refractivity contribution < 1.29 is 13.2 Å². The molecular weight excluding hydrogens is 384 g/mol. The molecule has 5 nitrogen and oxygen atoms in total. The van der Waals surface area contributed by atoms with Gasteiger partial charge in [0.05, 0.1) is 27.1 Å². The zero-order valence-electron chi connectivity index (χ0n) is 16.3. The Morgan fingerprint density at radius 2 is 1.38 bits per heavy atom. The number of sulfone groups is 1. The molecular formula is C23H24N2O3S. The van der Waals surface area contributed by atoms with E-state index in [2.05, 4.69) is 4.98 Å². The number of hydrogen-bond acceptors (Lipinski definition) is 4. The van der Waals surface area contributed by atoms with Gasteiger partial charge in [-0.3, -0.25) is 4.79 Å². The first kappa shape index (κ1) is 18.6. The SMILES string of the molecule is O=C(c1c2ccccc2nc2ccccc12)N1CC(S(=O)(=O)C2CCCCC2)C1. The molecule has 2 heterocycles. The van der Waals surface area contributed by atoms with Gasteiger partial charge in [-0.25, -0.2) is 13.4 Å². The first-order valence-corrected chi connectivity index (χ1v) is 12.0. The van der Waals surface area contributed by atoms with E-state index in [4.69, 9.17) is 0 Å². The molecule has 1 saturated heterocycles. The minimum absolute atomic E-state index is 0.102. The number of amides is 1. The Labute approximate surface area is 170 Å². The van der Waals surface area contributed by atoms with Crippen LogP contribution in [-0.2, 0) is 9.84 Å². The summed E-state index contributed by atoms with van der Waals surface area (Å²) in [4.78, 5) is 19.8. The standard InChI is InChI=1S/C23H24N2O3S/c26-23(25-14-17(15-25)29(27,28)16-8-2-1-3-9-16)22-18-10-4-6-12-20(18)24-21-13-7-5-11-19(21)22/h4-7,10-13,16-17H,1-3,8-9,14-15H2. The minimum atomic E-state index is -3.17. The van der Waals surface area contributed by atoms with E-state index in [1.165, 1.54) is 0 Å². The highest BCUT2D eigenvalue weighted by Gasteiger charge is 2.44. The highest BCUT2D eigenvalue weighted by Crippen LogP contribution is 2.32. The number of para-hydroxylation sites is 2. The maximum Gasteiger partial charge on any atom is 0.255 e. The van der Waals surface area contributed by atoms with Gasteiger partial charge in [0.1, 0.15) is 0 Å². The first-order valence-electron chi connectivity index (χ1n) is 10.3. The first-order chi connectivity index (χ1) is 14.1. The lowest BCUT2D eigenvalue weighted by Crippen LogP contribution is -2.58. The van der Waals surface area contributed by atoms with Crippen molar-refractivity contribution in [2.75, 3.05) is 13.1 Å². The highest BCUT2D eigenvalue weighted by molar-refractivity contribution is 7.92. The largest absolute Gasteiger partial charge is 0.336 e. The van der Waals surface area contributed by atoms with Crippen LogP contribution in [0.25, 0.3) is 21.8 Å². The van der Waals surface area contributed by atoms with Gasteiger partial charge in [0.25, 0.3) is 5.91 Å². The Hall–Kier alpha value is -2.47. The van der Waals surface area contributed by atoms with Crippen LogP contribution in [0.15, 0.2) is 48.5 Å². The molecule has 0 atom stereocenters. The molecule has 2 aliphatic rings. The normalized spacial score (nSPS) is 18.8. The van der Waals surface area contributed by atoms with E-state index in [-0.39, 0.29) is 11.2 Å². The fourth-order valence-corrected chi connectivity index (χ4v) is 7.02. The predicted molar refractivity (Wildman–Crippen MR) is 115 cm³/mol. The van der Waals surface area contributed by atoms with Crippen LogP contribution in [0.1, 0.15) is 42.5 Å². The Kier molecular flexibility index (Phi) is 4.54. The number of likely N-dealkylation sites (tertiary alicyclic amines) is 1. The van der Waals surface area contributed by atoms with Crippen LogP contribution in [0.3, 0.4) is 0 Å². The van der Waals surface area contributed by atoms with Gasteiger partial charge in [-0.15, -0.1) is 0 Å². The summed E-state index contributed by atoms with van der Waals surface area (Å²) in [6.45, 7) is 0.589. The molecule has 2 aromatic carbocycles. The molecule has 6 heteroatoms. The number of pyridine rings is 1. The number of hydrogen-bond donors (Lipinski definition) is 0. The molecule has 1 aliphatic heterocycles. The lowest BCUT2D eigenvalue weighted by atomic mass is 10.00. The summed E-state index contributed by atoms with van der Waals surface area (Å²) in [5.74, 6) is -0.102. The third-order valence-corrected chi connectivity index (χ3v) is 9.05. The van der Waals surface area contributed by atoms with Crippen molar-refractivity contribution in [2.24, 2.45) is 0 Å². The third kappa shape index (κ3) is 3.10. The summed E-state index contributed by atoms with van der Waals surface area (Å²) in [6, 6.07) is 15.3. The van der Waals surface area contributed by atoms with Crippen LogP contribution < -0.4 is 0 Å². The maximum absolute atomic E-state index is 13.4. The van der Waals surface area contributed by atoms with Crippen molar-refractivity contribution in [3.63, 3.8) is 0 Å². The molecule has 150 valence electrons. The van der Waals surface area contributed by atoms with E-state index in [9.17, 15) is 13.2 Å². The summed E-state index contributed by atoms with van der Waals surface area (Å²) in [5, 5.41) is 0.986. The molecule has 5 rings (SSSR count). The fourth-order valence-electron chi connectivity index (χ4n) is 4.71. The van der Waals surface area contributed by atoms with Gasteiger partial charge in [-0.05, 0) is 25.0 Å². The summed E-state index contributed by atoms with van der Waals surface area (Å²) in [5.41, 5.74) is 2.18. The van der Waals surface area contributed by atoms with Crippen molar-refractivity contribution in [3.05, 3.63) is 54.1 Å². The van der Waals surface area contributed by atoms with Gasteiger partial charge >= 0.3 is 0 Å². The Morgan fingerprint density at radius 3 is 1.97 bits per heavy atom. The topological polar surface area (TPSA) is 67.3 Å². The molecule has 1 aliphatic carbocycles. The lowest BCUT2D eigenvalue weighted by molar-refractivity contribution is 0.0662. The second-order valence-corrected chi connectivity index (χ2v) is 10.7. The van der Waals surface area contributed by atoms with Crippen LogP contribution in [0.5, 0.6) is 0 Å². The molecule has 0 N–H and O–H groups in total. The van der Waals surface area contributed by atoms with Crippen molar-refractivity contribution in [1.29, 1.82) is 0 Å². The number of benzene rings is 2. The molecule has 0 unspecified atom stereocenters. The lowest BCUT2D eigenvalue weighted by Gasteiger charge is -2.41. The third-order valence-electron chi connectivity index (χ3n) is 6.42. The van der Waals surface area contributed by atoms with Gasteiger partial charge in [0.2, 0.25) is 0 Å². The number of aromatic nitrogens is 1. The molecule has 1 amide bonds. The van der Waals surface area contributed by atoms with Gasteiger partial charge in [-0.1, -0.05) is 55.7 Å². The van der Waals surface area contributed by atoms with E-state index >= 15 is 0 Å². The van der Waals surface area contributed by atoms with Crippen LogP contribution in [0.4, 0.5) is 0 Å². The second-order valence-electron chi connectivity index (χ2n) is 8.20. The number of carbonyl (C=O) groups is 1. The Bertz CT molecular complexity index is 1140. The molecule has 0 bridgehead atoms. The number of nitrogens with zero attached hydrogens (tertiary/aromatic N) is 2. The Morgan fingerprint density at radius 1 is 0.828 bits per heavy atom. The monoisotopic (exact) mass is 408 g/mol. The van der Waals surface area contributed by atoms with Gasteiger partial charge in [-0.2, -0.15) is 0 Å². The molecule has 0 spiro atoms. The highest BCUT2D eigenvalue weighted by atomic mass is 32.2. The van der Waals surface area contributed by atoms with Crippen LogP contribution in [0.2, 0.25) is 0 Å². The van der Waals surface area contributed by atoms with Gasteiger partial charge in [0.15, 0.2) is 9.84 Å². The number of rotatable bonds is 3. The number of carbonyl (C=O) groups excluding carboxylic acids is 1. The second kappa shape index (κ2) is 7.10. The van der Waals surface area contributed by atoms with Crippen molar-refractivity contribution in [1.82, 2.24) is 9.88 Å². The van der Waals surface area contributed by atoms with Crippen molar-refractivity contribution in [2.45, 2.75) is 42.6 Å². The van der Waals surface area contributed by atoms with Crippen LogP contribution >= 0.6 is 0 Å². The van der Waals surface area contributed by atoms with E-state index in [0.717, 1.165) is 53.9 Å². The molecule has 1 aromatic heterocycles. The van der Waals surface area contributed by atoms with Gasteiger partial charge in [0, 0.05) is 23.9 Å². The summed E-state index contributed by atoms with van der Waals surface area (Å²) in [7, 11) is -3.17. The van der Waals surface area contributed by atoms with Crippen molar-refractivity contribution >= 4 is 37.6 Å². The van der Waals surface area contributed by atoms with E-state index < -0.39 is 15.1 Å². The average molecular weight is 409 g/mol. The summed E-state index contributed by atoms with van der Waals surface area (Å²) < 4.78 is 25.9. The zero-order chi connectivity index (χ0) is 20.0. The van der Waals surface area contributed by atoms with E-state index in [1.807, 2.05) is 48.5 Å². The Balaban J connectivity index is 1.45. The summed E-state index contributed by atoms with van der Waals surface area (Å²) >= 11 is 0. The zero-order valence-corrected chi connectivity index (χ0v) is 17.1. The molecule has 1 saturated carbocycles. The summed E-state index contributed by atoms with van der Waals surface area (Å²) in [6.07, 6.45) is 4.66. The van der Waals surface area contributed by atoms with Crippen molar-refractivity contribution in [3.8, 4) is 0 Å². The number of fused-ring (bicyclic) bond motifs is 2. The predicted octanol–water partition coefficient (Wildman–Crippen LogP) is 3.96. The molecule has 0 radical (unpaired) electrons. The van der Waals surface area contributed by atoms with E-state index in [0.29, 0.717) is 18.7 Å².